The van der Waals surface area contributed by atoms with Crippen LogP contribution in [0.15, 0.2) is 73.3 Å². The van der Waals surface area contributed by atoms with Gasteiger partial charge in [-0.3, -0.25) is 0 Å². The molecule has 0 atom stereocenters. The fourth-order valence-electron chi connectivity index (χ4n) is 4.92. The molecule has 1 fully saturated rings. The Morgan fingerprint density at radius 1 is 0.417 bits per heavy atom. The smallest absolute Gasteiger partial charge is 0.125 e. The van der Waals surface area contributed by atoms with Crippen LogP contribution >= 0.6 is 0 Å². The number of benzene rings is 3. The summed E-state index contributed by atoms with van der Waals surface area (Å²) in [7, 11) is 0. The maximum Gasteiger partial charge on any atom is 0.125 e. The highest BCUT2D eigenvalue weighted by atomic mass is 14.8. The average molecular weight is 649 g/mol. The third-order valence-corrected chi connectivity index (χ3v) is 8.60. The summed E-state index contributed by atoms with van der Waals surface area (Å²) in [6, 6.07) is 17.5. The first-order valence-electron chi connectivity index (χ1n) is 17.8. The molecule has 4 nitrogen and oxygen atoms in total. The molecule has 2 heterocycles. The van der Waals surface area contributed by atoms with Crippen molar-refractivity contribution in [2.45, 2.75) is 123 Å². The summed E-state index contributed by atoms with van der Waals surface area (Å²) < 4.78 is 0. The Morgan fingerprint density at radius 2 is 0.708 bits per heavy atom. The number of aryl methyl sites for hydroxylation is 8. The van der Waals surface area contributed by atoms with E-state index in [4.69, 9.17) is 0 Å². The normalized spacial score (nSPS) is 14.5. The molecule has 0 radical (unpaired) electrons. The lowest BCUT2D eigenvalue weighted by molar-refractivity contribution is 0.308. The summed E-state index contributed by atoms with van der Waals surface area (Å²) in [5.41, 5.74) is 10.5. The molecule has 5 aromatic rings. The zero-order valence-electron chi connectivity index (χ0n) is 32.7. The van der Waals surface area contributed by atoms with Crippen molar-refractivity contribution >= 4 is 10.8 Å². The molecule has 1 aliphatic rings. The number of rotatable bonds is 0. The number of hydrogen-bond donors (Lipinski definition) is 0. The van der Waals surface area contributed by atoms with Crippen molar-refractivity contribution in [1.82, 2.24) is 19.9 Å². The summed E-state index contributed by atoms with van der Waals surface area (Å²) >= 11 is 0. The van der Waals surface area contributed by atoms with Crippen LogP contribution in [0.4, 0.5) is 0 Å². The van der Waals surface area contributed by atoms with Crippen molar-refractivity contribution in [1.29, 1.82) is 0 Å². The van der Waals surface area contributed by atoms with Gasteiger partial charge in [-0.15, -0.1) is 0 Å². The molecule has 0 N–H and O–H groups in total. The van der Waals surface area contributed by atoms with E-state index >= 15 is 0 Å². The van der Waals surface area contributed by atoms with E-state index < -0.39 is 0 Å². The van der Waals surface area contributed by atoms with E-state index in [1.807, 2.05) is 66.3 Å². The van der Waals surface area contributed by atoms with Crippen LogP contribution in [0.1, 0.15) is 110 Å². The van der Waals surface area contributed by atoms with Gasteiger partial charge in [0.2, 0.25) is 0 Å². The largest absolute Gasteiger partial charge is 0.241 e. The van der Waals surface area contributed by atoms with Crippen molar-refractivity contribution in [2.75, 3.05) is 0 Å². The van der Waals surface area contributed by atoms with E-state index in [9.17, 15) is 0 Å². The molecule has 4 heteroatoms. The third-order valence-electron chi connectivity index (χ3n) is 8.60. The predicted molar refractivity (Wildman–Crippen MR) is 210 cm³/mol. The van der Waals surface area contributed by atoms with Gasteiger partial charge in [-0.1, -0.05) is 113 Å². The molecule has 1 aliphatic carbocycles. The van der Waals surface area contributed by atoms with Crippen LogP contribution < -0.4 is 0 Å². The zero-order valence-corrected chi connectivity index (χ0v) is 32.7. The average Bonchev–Trinajstić information content (AvgIpc) is 3.08. The Balaban J connectivity index is 0.000000299. The minimum Gasteiger partial charge on any atom is -0.241 e. The molecule has 0 aliphatic heterocycles. The topological polar surface area (TPSA) is 51.6 Å². The van der Waals surface area contributed by atoms with Crippen LogP contribution in [-0.4, -0.2) is 19.9 Å². The van der Waals surface area contributed by atoms with Gasteiger partial charge in [-0.05, 0) is 125 Å². The second-order valence-electron chi connectivity index (χ2n) is 13.3. The van der Waals surface area contributed by atoms with Crippen molar-refractivity contribution in [3.05, 3.63) is 129 Å². The highest BCUT2D eigenvalue weighted by molar-refractivity contribution is 5.83. The molecule has 0 bridgehead atoms. The molecule has 260 valence electrons. The van der Waals surface area contributed by atoms with Crippen LogP contribution in [0.2, 0.25) is 0 Å². The lowest BCUT2D eigenvalue weighted by Crippen LogP contribution is -2.08. The van der Waals surface area contributed by atoms with Gasteiger partial charge >= 0.3 is 0 Å². The molecular formula is C44H64N4. The van der Waals surface area contributed by atoms with Gasteiger partial charge in [0, 0.05) is 24.8 Å². The molecule has 0 saturated heterocycles. The van der Waals surface area contributed by atoms with Gasteiger partial charge in [0.1, 0.15) is 11.6 Å². The number of aromatic nitrogens is 4. The van der Waals surface area contributed by atoms with E-state index in [2.05, 4.69) is 124 Å². The summed E-state index contributed by atoms with van der Waals surface area (Å²) in [5.74, 6) is 3.70. The van der Waals surface area contributed by atoms with E-state index in [1.54, 1.807) is 0 Å². The van der Waals surface area contributed by atoms with Gasteiger partial charge < -0.3 is 0 Å². The van der Waals surface area contributed by atoms with E-state index in [0.29, 0.717) is 0 Å². The van der Waals surface area contributed by atoms with Crippen LogP contribution in [-0.2, 0) is 0 Å². The highest BCUT2D eigenvalue weighted by Gasteiger charge is 2.13. The van der Waals surface area contributed by atoms with Crippen molar-refractivity contribution in [3.63, 3.8) is 0 Å². The molecule has 0 unspecified atom stereocenters. The van der Waals surface area contributed by atoms with Gasteiger partial charge in [0.15, 0.2) is 0 Å². The van der Waals surface area contributed by atoms with E-state index in [0.717, 1.165) is 34.6 Å². The molecule has 3 aromatic carbocycles. The molecule has 2 aromatic heterocycles. The van der Waals surface area contributed by atoms with Crippen molar-refractivity contribution < 1.29 is 0 Å². The van der Waals surface area contributed by atoms with Gasteiger partial charge in [-0.2, -0.15) is 0 Å². The summed E-state index contributed by atoms with van der Waals surface area (Å²) in [5, 5.41) is 2.67. The number of hydrogen-bond acceptors (Lipinski definition) is 4. The van der Waals surface area contributed by atoms with Crippen molar-refractivity contribution in [3.8, 4) is 0 Å². The maximum atomic E-state index is 3.97. The Hall–Kier alpha value is -3.92. The van der Waals surface area contributed by atoms with Crippen LogP contribution in [0.3, 0.4) is 0 Å². The van der Waals surface area contributed by atoms with Gasteiger partial charge in [-0.25, -0.2) is 19.9 Å². The molecular weight excluding hydrogens is 585 g/mol. The molecule has 6 rings (SSSR count). The standard InChI is InChI=1S/C12H12.C10H14.C8H16.2C6H8N2.C2H6/c1-9-3-5-12-8-10(2)4-6-11(12)7-9;1-7-5-6-8(2)10(4)9(7)3;1-7-3-5-8(2)6-4-7;2*1-5-3-7-6(2)8-4-5;1-2/h3-8H,1-2H3;5-6H,1-4H3;7-8H,3-6H2,1-2H3;2*3-4H,1-2H3;1-2H3. The Morgan fingerprint density at radius 3 is 0.979 bits per heavy atom. The SMILES string of the molecule is CC.CC1CCC(C)CC1.Cc1ccc(C)c(C)c1C.Cc1ccc2cc(C)ccc2c1.Cc1cnc(C)nc1.Cc1cnc(C)nc1. The number of fused-ring (bicyclic) bond motifs is 1. The fourth-order valence-corrected chi connectivity index (χ4v) is 4.92. The van der Waals surface area contributed by atoms with Crippen LogP contribution in [0.5, 0.6) is 0 Å². The van der Waals surface area contributed by atoms with E-state index in [-0.39, 0.29) is 0 Å². The number of nitrogens with zero attached hydrogens (tertiary/aromatic N) is 4. The van der Waals surface area contributed by atoms with Gasteiger partial charge in [0.25, 0.3) is 0 Å². The Labute approximate surface area is 293 Å². The Bertz CT molecular complexity index is 1430. The summed E-state index contributed by atoms with van der Waals surface area (Å²) in [4.78, 5) is 15.9. The zero-order chi connectivity index (χ0) is 36.2. The second kappa shape index (κ2) is 22.6. The maximum absolute atomic E-state index is 3.97. The first-order valence-corrected chi connectivity index (χ1v) is 17.8. The fraction of sp³-hybridized carbons (Fsp3) is 0.455. The minimum atomic E-state index is 0.829. The first-order chi connectivity index (χ1) is 22.7. The summed E-state index contributed by atoms with van der Waals surface area (Å²) in [6.45, 7) is 29.3. The first kappa shape index (κ1) is 42.1. The lowest BCUT2D eigenvalue weighted by atomic mass is 9.84. The monoisotopic (exact) mass is 649 g/mol. The summed E-state index contributed by atoms with van der Waals surface area (Å²) in [6.07, 6.45) is 13.1. The van der Waals surface area contributed by atoms with Crippen LogP contribution in [0, 0.1) is 81.1 Å². The van der Waals surface area contributed by atoms with Crippen LogP contribution in [0.25, 0.3) is 10.8 Å². The third kappa shape index (κ3) is 16.8. The quantitative estimate of drug-likeness (QED) is 0.168. The highest BCUT2D eigenvalue weighted by Crippen LogP contribution is 2.27. The van der Waals surface area contributed by atoms with Crippen molar-refractivity contribution in [2.24, 2.45) is 11.8 Å². The predicted octanol–water partition coefficient (Wildman–Crippen LogP) is 12.4. The molecule has 0 amide bonds. The van der Waals surface area contributed by atoms with Gasteiger partial charge in [0.05, 0.1) is 0 Å². The van der Waals surface area contributed by atoms with E-state index in [1.165, 1.54) is 69.8 Å². The second-order valence-corrected chi connectivity index (χ2v) is 13.3. The molecule has 1 saturated carbocycles. The lowest BCUT2D eigenvalue weighted by Gasteiger charge is -2.22. The minimum absolute atomic E-state index is 0.829. The molecule has 48 heavy (non-hydrogen) atoms. The molecule has 0 spiro atoms. The Kier molecular flexibility index (Phi) is 19.8.